The molecule has 1 fully saturated rings. The van der Waals surface area contributed by atoms with Gasteiger partial charge in [0.05, 0.1) is 33.9 Å². The Morgan fingerprint density at radius 3 is 2.43 bits per heavy atom. The number of piperazine rings is 1. The maximum Gasteiger partial charge on any atom is 0.246 e. The van der Waals surface area contributed by atoms with E-state index in [-0.39, 0.29) is 25.0 Å². The number of carbonyl (C=O) groups excluding carboxylic acids is 2. The van der Waals surface area contributed by atoms with Gasteiger partial charge in [0, 0.05) is 36.2 Å². The summed E-state index contributed by atoms with van der Waals surface area (Å²) in [5, 5.41) is 10.3. The molecule has 0 bridgehead atoms. The number of fused-ring (bicyclic) bond motifs is 4. The molecule has 2 N–H and O–H groups in total. The van der Waals surface area contributed by atoms with E-state index >= 15 is 0 Å². The fourth-order valence-corrected chi connectivity index (χ4v) is 5.38. The van der Waals surface area contributed by atoms with Crippen molar-refractivity contribution >= 4 is 22.7 Å². The molecule has 1 saturated heterocycles. The summed E-state index contributed by atoms with van der Waals surface area (Å²) in [5.41, 5.74) is 3.60. The van der Waals surface area contributed by atoms with E-state index < -0.39 is 12.1 Å². The molecule has 2 aliphatic rings. The number of rotatable bonds is 7. The highest BCUT2D eigenvalue weighted by Gasteiger charge is 2.48. The van der Waals surface area contributed by atoms with Crippen LogP contribution < -0.4 is 14.2 Å². The Kier molecular flexibility index (Phi) is 6.02. The van der Waals surface area contributed by atoms with Crippen LogP contribution in [0, 0.1) is 0 Å². The minimum absolute atomic E-state index is 0.0220. The SMILES string of the molecule is COc1cc(C2c3[nH]c4ccccc4c3C[C@@H]3C(=O)N(CCCO)CC(=O)N23)cc(OC)c1OC. The Labute approximate surface area is 203 Å². The fourth-order valence-electron chi connectivity index (χ4n) is 5.38. The van der Waals surface area contributed by atoms with Crippen LogP contribution in [0.2, 0.25) is 0 Å². The Morgan fingerprint density at radius 2 is 1.77 bits per heavy atom. The molecule has 5 rings (SSSR count). The molecule has 3 aromatic rings. The summed E-state index contributed by atoms with van der Waals surface area (Å²) >= 11 is 0. The maximum absolute atomic E-state index is 13.6. The van der Waals surface area contributed by atoms with Crippen molar-refractivity contribution in [3.8, 4) is 17.2 Å². The standard InChI is InChI=1S/C26H29N3O6/c1-33-20-11-15(12-21(34-2)25(20)35-3)24-23-17(16-7-4-5-8-18(16)27-23)13-19-26(32)28(9-6-10-30)14-22(31)29(19)24/h4-5,7-8,11-12,19,24,27,30H,6,9-10,13-14H2,1-3H3/t19-,24?/m1/s1. The third-order valence-electron chi connectivity index (χ3n) is 6.93. The Hall–Kier alpha value is -3.72. The molecule has 184 valence electrons. The minimum Gasteiger partial charge on any atom is -0.493 e. The van der Waals surface area contributed by atoms with Crippen LogP contribution in [0.5, 0.6) is 17.2 Å². The number of methoxy groups -OCH3 is 3. The van der Waals surface area contributed by atoms with Crippen LogP contribution in [0.3, 0.4) is 0 Å². The van der Waals surface area contributed by atoms with E-state index in [1.54, 1.807) is 31.1 Å². The van der Waals surface area contributed by atoms with E-state index in [1.807, 2.05) is 36.4 Å². The number of para-hydroxylation sites is 1. The number of benzene rings is 2. The van der Waals surface area contributed by atoms with Gasteiger partial charge in [0.2, 0.25) is 17.6 Å². The first-order valence-corrected chi connectivity index (χ1v) is 11.6. The van der Waals surface area contributed by atoms with E-state index in [1.165, 1.54) is 0 Å². The van der Waals surface area contributed by atoms with Crippen molar-refractivity contribution in [2.45, 2.75) is 24.9 Å². The van der Waals surface area contributed by atoms with Crippen molar-refractivity contribution in [2.75, 3.05) is 41.0 Å². The summed E-state index contributed by atoms with van der Waals surface area (Å²) in [4.78, 5) is 33.9. The number of aromatic amines is 1. The van der Waals surface area contributed by atoms with Crippen molar-refractivity contribution in [2.24, 2.45) is 0 Å². The topological polar surface area (TPSA) is 104 Å². The number of aliphatic hydroxyl groups excluding tert-OH is 1. The summed E-state index contributed by atoms with van der Waals surface area (Å²) in [6.07, 6.45) is 0.848. The van der Waals surface area contributed by atoms with Gasteiger partial charge in [0.25, 0.3) is 0 Å². The highest BCUT2D eigenvalue weighted by molar-refractivity contribution is 5.97. The number of nitrogens with one attached hydrogen (secondary N) is 1. The van der Waals surface area contributed by atoms with Crippen LogP contribution in [-0.2, 0) is 16.0 Å². The van der Waals surface area contributed by atoms with Crippen molar-refractivity contribution in [1.82, 2.24) is 14.8 Å². The van der Waals surface area contributed by atoms with Crippen LogP contribution in [0.1, 0.15) is 29.3 Å². The van der Waals surface area contributed by atoms with Gasteiger partial charge in [-0.15, -0.1) is 0 Å². The quantitative estimate of drug-likeness (QED) is 0.539. The average Bonchev–Trinajstić information content (AvgIpc) is 3.26. The highest BCUT2D eigenvalue weighted by Crippen LogP contribution is 2.46. The largest absolute Gasteiger partial charge is 0.493 e. The van der Waals surface area contributed by atoms with E-state index in [0.717, 1.165) is 27.7 Å². The molecular formula is C26H29N3O6. The second-order valence-corrected chi connectivity index (χ2v) is 8.78. The second kappa shape index (κ2) is 9.14. The zero-order valence-electron chi connectivity index (χ0n) is 20.0. The lowest BCUT2D eigenvalue weighted by molar-refractivity contribution is -0.158. The lowest BCUT2D eigenvalue weighted by Crippen LogP contribution is -2.63. The molecule has 2 aromatic carbocycles. The molecular weight excluding hydrogens is 450 g/mol. The lowest BCUT2D eigenvalue weighted by Gasteiger charge is -2.47. The van der Waals surface area contributed by atoms with E-state index in [4.69, 9.17) is 14.2 Å². The van der Waals surface area contributed by atoms with Gasteiger partial charge >= 0.3 is 0 Å². The molecule has 0 aliphatic carbocycles. The third-order valence-corrected chi connectivity index (χ3v) is 6.93. The summed E-state index contributed by atoms with van der Waals surface area (Å²) < 4.78 is 16.7. The fraction of sp³-hybridized carbons (Fsp3) is 0.385. The highest BCUT2D eigenvalue weighted by atomic mass is 16.5. The van der Waals surface area contributed by atoms with Gasteiger partial charge < -0.3 is 34.1 Å². The van der Waals surface area contributed by atoms with E-state index in [9.17, 15) is 14.7 Å². The van der Waals surface area contributed by atoms with E-state index in [2.05, 4.69) is 4.98 Å². The molecule has 35 heavy (non-hydrogen) atoms. The molecule has 0 radical (unpaired) electrons. The van der Waals surface area contributed by atoms with Crippen molar-refractivity contribution < 1.29 is 28.9 Å². The Morgan fingerprint density at radius 1 is 1.06 bits per heavy atom. The number of nitrogens with zero attached hydrogens (tertiary/aromatic N) is 2. The number of H-pyrrole nitrogens is 1. The normalized spacial score (nSPS) is 19.5. The number of carbonyl (C=O) groups is 2. The number of aliphatic hydroxyl groups is 1. The zero-order valence-corrected chi connectivity index (χ0v) is 20.0. The first-order valence-electron chi connectivity index (χ1n) is 11.6. The van der Waals surface area contributed by atoms with Crippen LogP contribution in [0.25, 0.3) is 10.9 Å². The van der Waals surface area contributed by atoms with Gasteiger partial charge in [-0.1, -0.05) is 18.2 Å². The Bertz CT molecular complexity index is 1260. The Balaban J connectivity index is 1.71. The molecule has 2 amide bonds. The molecule has 0 saturated carbocycles. The van der Waals surface area contributed by atoms with Crippen molar-refractivity contribution in [1.29, 1.82) is 0 Å². The summed E-state index contributed by atoms with van der Waals surface area (Å²) in [6.45, 7) is 0.292. The van der Waals surface area contributed by atoms with Crippen molar-refractivity contribution in [3.05, 3.63) is 53.2 Å². The zero-order chi connectivity index (χ0) is 24.7. The van der Waals surface area contributed by atoms with Crippen LogP contribution >= 0.6 is 0 Å². The second-order valence-electron chi connectivity index (χ2n) is 8.78. The predicted octanol–water partition coefficient (Wildman–Crippen LogP) is 2.26. The van der Waals surface area contributed by atoms with Crippen LogP contribution in [0.4, 0.5) is 0 Å². The minimum atomic E-state index is -0.647. The van der Waals surface area contributed by atoms with E-state index in [0.29, 0.717) is 36.6 Å². The first kappa shape index (κ1) is 23.0. The van der Waals surface area contributed by atoms with Gasteiger partial charge in [0.15, 0.2) is 11.5 Å². The first-order chi connectivity index (χ1) is 17.0. The number of hydrogen-bond acceptors (Lipinski definition) is 6. The number of hydrogen-bond donors (Lipinski definition) is 2. The molecule has 9 nitrogen and oxygen atoms in total. The lowest BCUT2D eigenvalue weighted by atomic mass is 9.86. The molecule has 1 aromatic heterocycles. The summed E-state index contributed by atoms with van der Waals surface area (Å²) in [6, 6.07) is 10.4. The van der Waals surface area contributed by atoms with Gasteiger partial charge in [-0.05, 0) is 35.7 Å². The number of aromatic nitrogens is 1. The summed E-state index contributed by atoms with van der Waals surface area (Å²) in [5.74, 6) is 1.16. The van der Waals surface area contributed by atoms with Crippen LogP contribution in [0.15, 0.2) is 36.4 Å². The van der Waals surface area contributed by atoms with Gasteiger partial charge in [0.1, 0.15) is 6.04 Å². The number of ether oxygens (including phenoxy) is 3. The van der Waals surface area contributed by atoms with Gasteiger partial charge in [-0.25, -0.2) is 0 Å². The molecule has 0 spiro atoms. The van der Waals surface area contributed by atoms with Gasteiger partial charge in [-0.2, -0.15) is 0 Å². The molecule has 2 atom stereocenters. The molecule has 2 aliphatic heterocycles. The summed E-state index contributed by atoms with van der Waals surface area (Å²) in [7, 11) is 4.64. The molecule has 9 heteroatoms. The molecule has 3 heterocycles. The predicted molar refractivity (Wildman–Crippen MR) is 129 cm³/mol. The monoisotopic (exact) mass is 479 g/mol. The van der Waals surface area contributed by atoms with Crippen molar-refractivity contribution in [3.63, 3.8) is 0 Å². The maximum atomic E-state index is 13.6. The number of amides is 2. The van der Waals surface area contributed by atoms with Crippen LogP contribution in [-0.4, -0.2) is 78.8 Å². The average molecular weight is 480 g/mol. The smallest absolute Gasteiger partial charge is 0.246 e. The third kappa shape index (κ3) is 3.67. The van der Waals surface area contributed by atoms with Gasteiger partial charge in [-0.3, -0.25) is 9.59 Å². The molecule has 1 unspecified atom stereocenters.